The third-order valence-corrected chi connectivity index (χ3v) is 1.72. The Balaban J connectivity index is 2.47. The lowest BCUT2D eigenvalue weighted by molar-refractivity contribution is 0.112. The molecule has 1 N–H and O–H groups in total. The molecule has 0 aromatic carbocycles. The van der Waals surface area contributed by atoms with Crippen molar-refractivity contribution in [1.29, 1.82) is 0 Å². The molecule has 2 aromatic heterocycles. The highest BCUT2D eigenvalue weighted by Gasteiger charge is 2.07. The van der Waals surface area contributed by atoms with Crippen molar-refractivity contribution in [2.75, 3.05) is 0 Å². The average molecular weight is 202 g/mol. The first-order valence-electron chi connectivity index (χ1n) is 4.10. The molecule has 0 aliphatic heterocycles. The number of carbonyl (C=O) groups excluding carboxylic acids is 1. The van der Waals surface area contributed by atoms with E-state index in [1.807, 2.05) is 0 Å². The van der Waals surface area contributed by atoms with E-state index in [0.717, 1.165) is 0 Å². The first kappa shape index (κ1) is 9.20. The Bertz CT molecular complexity index is 487. The molecular weight excluding hydrogens is 196 g/mol. The fourth-order valence-electron chi connectivity index (χ4n) is 1.01. The first-order valence-corrected chi connectivity index (χ1v) is 4.10. The minimum atomic E-state index is -0.361. The molecule has 0 aliphatic carbocycles. The third-order valence-electron chi connectivity index (χ3n) is 1.72. The lowest BCUT2D eigenvalue weighted by atomic mass is 10.3. The van der Waals surface area contributed by atoms with Crippen LogP contribution in [-0.2, 0) is 0 Å². The van der Waals surface area contributed by atoms with Gasteiger partial charge in [0.1, 0.15) is 5.69 Å². The van der Waals surface area contributed by atoms with Gasteiger partial charge in [0.05, 0.1) is 5.56 Å². The van der Waals surface area contributed by atoms with Gasteiger partial charge in [0.15, 0.2) is 12.1 Å². The molecule has 0 aliphatic rings. The second-order valence-corrected chi connectivity index (χ2v) is 2.70. The van der Waals surface area contributed by atoms with Crippen LogP contribution in [0.1, 0.15) is 10.4 Å². The van der Waals surface area contributed by atoms with Gasteiger partial charge in [-0.15, -0.1) is 5.10 Å². The predicted molar refractivity (Wildman–Crippen MR) is 50.1 cm³/mol. The van der Waals surface area contributed by atoms with Crippen molar-refractivity contribution in [1.82, 2.24) is 20.2 Å². The van der Waals surface area contributed by atoms with Crippen LogP contribution in [0, 0.1) is 0 Å². The van der Waals surface area contributed by atoms with Crippen LogP contribution >= 0.6 is 0 Å². The molecule has 0 saturated carbocycles. The van der Waals surface area contributed by atoms with E-state index in [-0.39, 0.29) is 17.3 Å². The molecule has 0 radical (unpaired) electrons. The number of aromatic hydroxyl groups is 1. The van der Waals surface area contributed by atoms with Crippen LogP contribution in [-0.4, -0.2) is 31.6 Å². The molecule has 0 saturated heterocycles. The van der Waals surface area contributed by atoms with Gasteiger partial charge in [0, 0.05) is 12.4 Å². The van der Waals surface area contributed by atoms with Gasteiger partial charge in [0.25, 0.3) is 0 Å². The Hall–Kier alpha value is -2.37. The second-order valence-electron chi connectivity index (χ2n) is 2.70. The molecule has 2 heterocycles. The second kappa shape index (κ2) is 3.79. The largest absolute Gasteiger partial charge is 0.493 e. The van der Waals surface area contributed by atoms with Crippen molar-refractivity contribution >= 4 is 6.29 Å². The van der Waals surface area contributed by atoms with E-state index in [4.69, 9.17) is 0 Å². The van der Waals surface area contributed by atoms with Crippen molar-refractivity contribution in [2.24, 2.45) is 0 Å². The lowest BCUT2D eigenvalue weighted by Gasteiger charge is -1.99. The van der Waals surface area contributed by atoms with Gasteiger partial charge in [-0.25, -0.2) is 4.98 Å². The number of carbonyl (C=O) groups is 1. The van der Waals surface area contributed by atoms with Crippen molar-refractivity contribution in [3.05, 3.63) is 30.1 Å². The Morgan fingerprint density at radius 3 is 2.87 bits per heavy atom. The van der Waals surface area contributed by atoms with Gasteiger partial charge in [-0.3, -0.25) is 4.79 Å². The van der Waals surface area contributed by atoms with Gasteiger partial charge in [0.2, 0.25) is 5.88 Å². The minimum absolute atomic E-state index is 0.0441. The lowest BCUT2D eigenvalue weighted by Crippen LogP contribution is -1.95. The van der Waals surface area contributed by atoms with E-state index < -0.39 is 0 Å². The highest BCUT2D eigenvalue weighted by Crippen LogP contribution is 2.15. The summed E-state index contributed by atoms with van der Waals surface area (Å²) < 4.78 is 0. The smallest absolute Gasteiger partial charge is 0.225 e. The van der Waals surface area contributed by atoms with Gasteiger partial charge in [-0.2, -0.15) is 10.1 Å². The Labute approximate surface area is 84.7 Å². The third kappa shape index (κ3) is 1.78. The fraction of sp³-hybridized carbons (Fsp3) is 0. The number of aromatic nitrogens is 4. The summed E-state index contributed by atoms with van der Waals surface area (Å²) in [6, 6.07) is 3.33. The average Bonchev–Trinajstić information content (AvgIpc) is 2.30. The van der Waals surface area contributed by atoms with Crippen LogP contribution in [0.4, 0.5) is 0 Å². The van der Waals surface area contributed by atoms with Crippen LogP contribution in [0.3, 0.4) is 0 Å². The molecule has 0 fully saturated rings. The zero-order valence-corrected chi connectivity index (χ0v) is 7.53. The van der Waals surface area contributed by atoms with Crippen molar-refractivity contribution in [3.8, 4) is 17.4 Å². The molecule has 74 valence electrons. The number of aldehydes is 1. The van der Waals surface area contributed by atoms with E-state index in [1.165, 1.54) is 12.4 Å². The van der Waals surface area contributed by atoms with E-state index in [0.29, 0.717) is 12.0 Å². The first-order chi connectivity index (χ1) is 7.31. The highest BCUT2D eigenvalue weighted by atomic mass is 16.3. The molecule has 0 bridgehead atoms. The van der Waals surface area contributed by atoms with E-state index >= 15 is 0 Å². The molecular formula is C9H6N4O2. The zero-order chi connectivity index (χ0) is 10.7. The Kier molecular flexibility index (Phi) is 2.32. The number of rotatable bonds is 2. The summed E-state index contributed by atoms with van der Waals surface area (Å²) >= 11 is 0. The fourth-order valence-corrected chi connectivity index (χ4v) is 1.01. The normalized spacial score (nSPS) is 9.87. The molecule has 0 atom stereocenters. The molecule has 0 unspecified atom stereocenters. The van der Waals surface area contributed by atoms with Crippen LogP contribution < -0.4 is 0 Å². The van der Waals surface area contributed by atoms with Gasteiger partial charge >= 0.3 is 0 Å². The SMILES string of the molecule is O=Cc1cnc(-c2cccnn2)nc1O. The molecule has 0 spiro atoms. The summed E-state index contributed by atoms with van der Waals surface area (Å²) in [5.41, 5.74) is 0.480. The predicted octanol–water partition coefficient (Wildman–Crippen LogP) is 0.452. The minimum Gasteiger partial charge on any atom is -0.493 e. The van der Waals surface area contributed by atoms with Crippen LogP contribution in [0.2, 0.25) is 0 Å². The summed E-state index contributed by atoms with van der Waals surface area (Å²) in [6.45, 7) is 0. The quantitative estimate of drug-likeness (QED) is 0.711. The summed E-state index contributed by atoms with van der Waals surface area (Å²) in [7, 11) is 0. The maximum atomic E-state index is 10.4. The highest BCUT2D eigenvalue weighted by molar-refractivity contribution is 5.77. The van der Waals surface area contributed by atoms with Crippen LogP contribution in [0.25, 0.3) is 11.5 Å². The Morgan fingerprint density at radius 1 is 1.40 bits per heavy atom. The van der Waals surface area contributed by atoms with Crippen molar-refractivity contribution < 1.29 is 9.90 Å². The summed E-state index contributed by atoms with van der Waals surface area (Å²) in [4.78, 5) is 18.0. The maximum absolute atomic E-state index is 10.4. The summed E-state index contributed by atoms with van der Waals surface area (Å²) in [5.74, 6) is -0.133. The monoisotopic (exact) mass is 202 g/mol. The molecule has 2 rings (SSSR count). The number of hydrogen-bond donors (Lipinski definition) is 1. The molecule has 2 aromatic rings. The zero-order valence-electron chi connectivity index (χ0n) is 7.53. The molecule has 6 nitrogen and oxygen atoms in total. The van der Waals surface area contributed by atoms with Gasteiger partial charge in [-0.1, -0.05) is 0 Å². The topological polar surface area (TPSA) is 88.9 Å². The van der Waals surface area contributed by atoms with Crippen molar-refractivity contribution in [3.63, 3.8) is 0 Å². The number of hydrogen-bond acceptors (Lipinski definition) is 6. The van der Waals surface area contributed by atoms with Crippen molar-refractivity contribution in [2.45, 2.75) is 0 Å². The van der Waals surface area contributed by atoms with Gasteiger partial charge in [-0.05, 0) is 12.1 Å². The standard InChI is InChI=1S/C9H6N4O2/c14-5-6-4-10-8(12-9(6)15)7-2-1-3-11-13-7/h1-5H,(H,10,12,15). The van der Waals surface area contributed by atoms with Crippen LogP contribution in [0.5, 0.6) is 5.88 Å². The van der Waals surface area contributed by atoms with Crippen LogP contribution in [0.15, 0.2) is 24.5 Å². The van der Waals surface area contributed by atoms with Gasteiger partial charge < -0.3 is 5.11 Å². The van der Waals surface area contributed by atoms with E-state index in [9.17, 15) is 9.90 Å². The summed E-state index contributed by atoms with van der Waals surface area (Å²) in [5, 5.41) is 16.7. The van der Waals surface area contributed by atoms with E-state index in [2.05, 4.69) is 20.2 Å². The molecule has 0 amide bonds. The summed E-state index contributed by atoms with van der Waals surface area (Å²) in [6.07, 6.45) is 3.23. The Morgan fingerprint density at radius 2 is 2.27 bits per heavy atom. The van der Waals surface area contributed by atoms with E-state index in [1.54, 1.807) is 12.1 Å². The number of nitrogens with zero attached hydrogens (tertiary/aromatic N) is 4. The molecule has 6 heteroatoms. The molecule has 15 heavy (non-hydrogen) atoms. The maximum Gasteiger partial charge on any atom is 0.225 e.